The quantitative estimate of drug-likeness (QED) is 0.825. The van der Waals surface area contributed by atoms with Crippen molar-refractivity contribution in [3.05, 3.63) is 71.8 Å². The second-order valence-corrected chi connectivity index (χ2v) is 5.02. The van der Waals surface area contributed by atoms with Crippen LogP contribution in [0.1, 0.15) is 11.1 Å². The van der Waals surface area contributed by atoms with E-state index in [-0.39, 0.29) is 0 Å². The number of anilines is 1. The summed E-state index contributed by atoms with van der Waals surface area (Å²) in [4.78, 5) is 4.33. The average molecular weight is 253 g/mol. The van der Waals surface area contributed by atoms with Gasteiger partial charge in [-0.2, -0.15) is 0 Å². The van der Waals surface area contributed by atoms with Gasteiger partial charge >= 0.3 is 0 Å². The molecule has 0 heterocycles. The summed E-state index contributed by atoms with van der Waals surface area (Å²) in [6, 6.07) is 20.3. The van der Waals surface area contributed by atoms with E-state index in [0.29, 0.717) is 0 Å². The molecule has 2 aromatic carbocycles. The lowest BCUT2D eigenvalue weighted by Crippen LogP contribution is -2.24. The normalized spacial score (nSPS) is 11.1. The SMILES string of the molecule is CN(C)[C](c1ccccc1)c1ccccc1N(C)C. The van der Waals surface area contributed by atoms with Crippen LogP contribution in [0.4, 0.5) is 5.69 Å². The molecule has 0 saturated heterocycles. The van der Waals surface area contributed by atoms with Gasteiger partial charge in [0.25, 0.3) is 0 Å². The van der Waals surface area contributed by atoms with Crippen molar-refractivity contribution < 1.29 is 0 Å². The van der Waals surface area contributed by atoms with Crippen LogP contribution in [0.25, 0.3) is 0 Å². The van der Waals surface area contributed by atoms with Gasteiger partial charge in [-0.1, -0.05) is 48.5 Å². The Morgan fingerprint density at radius 1 is 0.737 bits per heavy atom. The summed E-state index contributed by atoms with van der Waals surface area (Å²) < 4.78 is 0. The molecule has 2 aromatic rings. The number of rotatable bonds is 4. The van der Waals surface area contributed by atoms with E-state index in [1.165, 1.54) is 22.9 Å². The Balaban J connectivity index is 2.52. The van der Waals surface area contributed by atoms with Crippen LogP contribution in [0.15, 0.2) is 54.6 Å². The Morgan fingerprint density at radius 2 is 1.32 bits per heavy atom. The summed E-state index contributed by atoms with van der Waals surface area (Å²) in [7, 11) is 8.35. The third kappa shape index (κ3) is 2.96. The number of hydrogen-bond donors (Lipinski definition) is 0. The van der Waals surface area contributed by atoms with Gasteiger partial charge in [0.2, 0.25) is 0 Å². The molecule has 0 aliphatic carbocycles. The zero-order valence-electron chi connectivity index (χ0n) is 12.1. The van der Waals surface area contributed by atoms with Crippen LogP contribution >= 0.6 is 0 Å². The monoisotopic (exact) mass is 253 g/mol. The summed E-state index contributed by atoms with van der Waals surface area (Å²) >= 11 is 0. The summed E-state index contributed by atoms with van der Waals surface area (Å²) in [5, 5.41) is 0. The topological polar surface area (TPSA) is 6.48 Å². The van der Waals surface area contributed by atoms with Crippen molar-refractivity contribution in [3.8, 4) is 0 Å². The molecule has 0 atom stereocenters. The van der Waals surface area contributed by atoms with Crippen LogP contribution in [0.3, 0.4) is 0 Å². The Morgan fingerprint density at radius 3 is 1.89 bits per heavy atom. The molecule has 0 aliphatic rings. The molecule has 0 fully saturated rings. The fourth-order valence-electron chi connectivity index (χ4n) is 2.31. The molecule has 0 bridgehead atoms. The van der Waals surface area contributed by atoms with Crippen molar-refractivity contribution >= 4 is 5.69 Å². The molecule has 0 saturated carbocycles. The molecule has 2 heteroatoms. The summed E-state index contributed by atoms with van der Waals surface area (Å²) in [5.41, 5.74) is 3.72. The number of benzene rings is 2. The highest BCUT2D eigenvalue weighted by molar-refractivity contribution is 5.62. The molecule has 99 valence electrons. The van der Waals surface area contributed by atoms with Gasteiger partial charge in [-0.05, 0) is 25.7 Å². The summed E-state index contributed by atoms with van der Waals surface area (Å²) in [6.07, 6.45) is 0. The van der Waals surface area contributed by atoms with Gasteiger partial charge in [0.05, 0.1) is 0 Å². The molecule has 0 spiro atoms. The van der Waals surface area contributed by atoms with E-state index in [1.807, 2.05) is 0 Å². The number of para-hydroxylation sites is 1. The third-order valence-electron chi connectivity index (χ3n) is 3.14. The summed E-state index contributed by atoms with van der Waals surface area (Å²) in [6.45, 7) is 0. The number of nitrogens with zero attached hydrogens (tertiary/aromatic N) is 2. The van der Waals surface area contributed by atoms with Crippen LogP contribution in [-0.2, 0) is 0 Å². The molecule has 19 heavy (non-hydrogen) atoms. The van der Waals surface area contributed by atoms with E-state index in [1.54, 1.807) is 0 Å². The van der Waals surface area contributed by atoms with E-state index < -0.39 is 0 Å². The number of hydrogen-bond acceptors (Lipinski definition) is 2. The second-order valence-electron chi connectivity index (χ2n) is 5.02. The van der Waals surface area contributed by atoms with Crippen LogP contribution < -0.4 is 4.90 Å². The maximum Gasteiger partial charge on any atom is 0.100 e. The highest BCUT2D eigenvalue weighted by atomic mass is 15.1. The molecule has 0 unspecified atom stereocenters. The zero-order valence-corrected chi connectivity index (χ0v) is 12.1. The first-order valence-electron chi connectivity index (χ1n) is 6.47. The van der Waals surface area contributed by atoms with Crippen molar-refractivity contribution in [2.45, 2.75) is 0 Å². The first kappa shape index (κ1) is 13.6. The predicted molar refractivity (Wildman–Crippen MR) is 82.3 cm³/mol. The lowest BCUT2D eigenvalue weighted by Gasteiger charge is -2.28. The fraction of sp³-hybridized carbons (Fsp3) is 0.235. The van der Waals surface area contributed by atoms with E-state index in [4.69, 9.17) is 0 Å². The molecule has 2 nitrogen and oxygen atoms in total. The second kappa shape index (κ2) is 5.89. The molecule has 2 rings (SSSR count). The van der Waals surface area contributed by atoms with Gasteiger partial charge in [-0.25, -0.2) is 0 Å². The van der Waals surface area contributed by atoms with Crippen LogP contribution in [0.2, 0.25) is 0 Å². The van der Waals surface area contributed by atoms with Gasteiger partial charge in [0.15, 0.2) is 0 Å². The largest absolute Gasteiger partial charge is 0.377 e. The van der Waals surface area contributed by atoms with Crippen LogP contribution in [0.5, 0.6) is 0 Å². The first-order chi connectivity index (χ1) is 9.11. The molecular weight excluding hydrogens is 232 g/mol. The van der Waals surface area contributed by atoms with Crippen molar-refractivity contribution in [1.29, 1.82) is 0 Å². The molecule has 1 radical (unpaired) electrons. The molecule has 0 aliphatic heterocycles. The maximum atomic E-state index is 2.18. The maximum absolute atomic E-state index is 2.18. The minimum absolute atomic E-state index is 1.23. The van der Waals surface area contributed by atoms with Crippen molar-refractivity contribution in [3.63, 3.8) is 0 Å². The molecule has 0 aromatic heterocycles. The smallest absolute Gasteiger partial charge is 0.100 e. The van der Waals surface area contributed by atoms with E-state index in [0.717, 1.165) is 0 Å². The lowest BCUT2D eigenvalue weighted by molar-refractivity contribution is 0.464. The van der Waals surface area contributed by atoms with Crippen molar-refractivity contribution in [1.82, 2.24) is 4.90 Å². The average Bonchev–Trinajstić information content (AvgIpc) is 2.40. The molecule has 0 N–H and O–H groups in total. The predicted octanol–water partition coefficient (Wildman–Crippen LogP) is 3.24. The Hall–Kier alpha value is -1.80. The Bertz CT molecular complexity index is 518. The minimum Gasteiger partial charge on any atom is -0.377 e. The summed E-state index contributed by atoms with van der Waals surface area (Å²) in [5.74, 6) is 0. The Labute approximate surface area is 116 Å². The lowest BCUT2D eigenvalue weighted by atomic mass is 9.96. The molecular formula is C17H21N2. The highest BCUT2D eigenvalue weighted by Gasteiger charge is 2.21. The zero-order chi connectivity index (χ0) is 13.8. The van der Waals surface area contributed by atoms with Crippen molar-refractivity contribution in [2.75, 3.05) is 33.1 Å². The van der Waals surface area contributed by atoms with E-state index in [9.17, 15) is 0 Å². The molecule has 0 amide bonds. The standard InChI is InChI=1S/C17H21N2/c1-18(2)16-13-9-8-12-15(16)17(19(3)4)14-10-6-5-7-11-14/h5-13H,1-4H3. The minimum atomic E-state index is 1.23. The van der Waals surface area contributed by atoms with Crippen LogP contribution in [-0.4, -0.2) is 33.1 Å². The van der Waals surface area contributed by atoms with E-state index >= 15 is 0 Å². The van der Waals surface area contributed by atoms with Gasteiger partial charge < -0.3 is 4.90 Å². The van der Waals surface area contributed by atoms with Gasteiger partial charge in [0, 0.05) is 25.3 Å². The first-order valence-corrected chi connectivity index (χ1v) is 6.47. The van der Waals surface area contributed by atoms with Gasteiger partial charge in [0.1, 0.15) is 6.04 Å². The van der Waals surface area contributed by atoms with Crippen LogP contribution in [0, 0.1) is 6.04 Å². The van der Waals surface area contributed by atoms with Crippen molar-refractivity contribution in [2.24, 2.45) is 0 Å². The van der Waals surface area contributed by atoms with E-state index in [2.05, 4.69) is 92.6 Å². The van der Waals surface area contributed by atoms with Gasteiger partial charge in [-0.3, -0.25) is 4.90 Å². The fourth-order valence-corrected chi connectivity index (χ4v) is 2.31. The highest BCUT2D eigenvalue weighted by Crippen LogP contribution is 2.32. The Kier molecular flexibility index (Phi) is 4.23. The van der Waals surface area contributed by atoms with Gasteiger partial charge in [-0.15, -0.1) is 0 Å². The third-order valence-corrected chi connectivity index (χ3v) is 3.14.